The fraction of sp³-hybridized carbons (Fsp3) is 0.897. The third kappa shape index (κ3) is 9.87. The van der Waals surface area contributed by atoms with Gasteiger partial charge in [-0.3, -0.25) is 4.79 Å². The van der Waals surface area contributed by atoms with Crippen molar-refractivity contribution < 1.29 is 74.1 Å². The summed E-state index contributed by atoms with van der Waals surface area (Å²) < 4.78 is 35.5. The first-order valence-corrected chi connectivity index (χ1v) is 16.9. The van der Waals surface area contributed by atoms with Crippen LogP contribution in [0.4, 0.5) is 0 Å². The molecular weight excluding hydrogens is 686 g/mol. The number of nitrogens with two attached hydrogens (primary N) is 5. The number of nitrogens with one attached hydrogen (secondary N) is 2. The molecule has 296 valence electrons. The Bertz CT molecular complexity index is 1130. The first-order chi connectivity index (χ1) is 24.3. The van der Waals surface area contributed by atoms with E-state index in [1.54, 1.807) is 6.08 Å². The molecule has 0 aromatic heterocycles. The van der Waals surface area contributed by atoms with Crippen molar-refractivity contribution in [2.24, 2.45) is 28.7 Å². The van der Waals surface area contributed by atoms with Crippen molar-refractivity contribution in [3.05, 3.63) is 11.8 Å². The maximum Gasteiger partial charge on any atom is 0.251 e. The van der Waals surface area contributed by atoms with Gasteiger partial charge in [0.1, 0.15) is 66.8 Å². The van der Waals surface area contributed by atoms with E-state index in [9.17, 15) is 40.5 Å². The van der Waals surface area contributed by atoms with Crippen molar-refractivity contribution in [3.63, 3.8) is 0 Å². The molecule has 0 aromatic carbocycles. The Hall–Kier alpha value is -1.75. The predicted octanol–water partition coefficient (Wildman–Crippen LogP) is -9.25. The van der Waals surface area contributed by atoms with Crippen molar-refractivity contribution in [2.75, 3.05) is 39.4 Å². The summed E-state index contributed by atoms with van der Waals surface area (Å²) >= 11 is 0. The van der Waals surface area contributed by atoms with E-state index in [4.69, 9.17) is 62.2 Å². The number of hydrogen-bond acceptors (Lipinski definition) is 21. The van der Waals surface area contributed by atoms with Gasteiger partial charge in [-0.25, -0.2) is 0 Å². The molecule has 18 atom stereocenters. The molecule has 4 rings (SSSR count). The fourth-order valence-electron chi connectivity index (χ4n) is 6.35. The minimum atomic E-state index is -1.93. The molecule has 1 unspecified atom stereocenters. The number of hydrogen-bond donors (Lipinski definition) is 15. The Morgan fingerprint density at radius 1 is 0.863 bits per heavy atom. The number of carbonyl (C=O) groups is 1. The van der Waals surface area contributed by atoms with Crippen LogP contribution in [0.2, 0.25) is 0 Å². The summed E-state index contributed by atoms with van der Waals surface area (Å²) in [7, 11) is 0. The summed E-state index contributed by atoms with van der Waals surface area (Å²) in [6.07, 6.45) is -18.4. The molecule has 0 spiro atoms. The first-order valence-electron chi connectivity index (χ1n) is 16.9. The van der Waals surface area contributed by atoms with Crippen LogP contribution in [0.3, 0.4) is 0 Å². The van der Waals surface area contributed by atoms with E-state index in [1.807, 2.05) is 0 Å². The number of ether oxygens (including phenoxy) is 6. The molecule has 1 saturated carbocycles. The van der Waals surface area contributed by atoms with Crippen molar-refractivity contribution in [3.8, 4) is 0 Å². The van der Waals surface area contributed by atoms with E-state index in [-0.39, 0.29) is 26.1 Å². The molecule has 3 heterocycles. The average molecular weight is 742 g/mol. The van der Waals surface area contributed by atoms with Crippen LogP contribution in [0, 0.1) is 0 Å². The smallest absolute Gasteiger partial charge is 0.251 e. The molecule has 0 radical (unpaired) electrons. The van der Waals surface area contributed by atoms with Crippen LogP contribution in [0.25, 0.3) is 0 Å². The highest BCUT2D eigenvalue weighted by atomic mass is 16.8. The van der Waals surface area contributed by atoms with Crippen LogP contribution in [0.5, 0.6) is 0 Å². The molecule has 1 aliphatic carbocycles. The van der Waals surface area contributed by atoms with Gasteiger partial charge in [-0.2, -0.15) is 0 Å². The summed E-state index contributed by atoms with van der Waals surface area (Å²) in [4.78, 5) is 12.7. The van der Waals surface area contributed by atoms with Crippen LogP contribution in [0.15, 0.2) is 11.8 Å². The van der Waals surface area contributed by atoms with Crippen molar-refractivity contribution in [1.29, 1.82) is 0 Å². The van der Waals surface area contributed by atoms with Gasteiger partial charge in [0, 0.05) is 25.7 Å². The molecule has 2 saturated heterocycles. The van der Waals surface area contributed by atoms with Crippen LogP contribution in [0.1, 0.15) is 12.8 Å². The predicted molar refractivity (Wildman–Crippen MR) is 171 cm³/mol. The number of carbonyl (C=O) groups excluding carboxylic acids is 1. The van der Waals surface area contributed by atoms with E-state index >= 15 is 0 Å². The van der Waals surface area contributed by atoms with Crippen LogP contribution < -0.4 is 39.3 Å². The van der Waals surface area contributed by atoms with Gasteiger partial charge in [0.15, 0.2) is 18.7 Å². The molecule has 1 amide bonds. The summed E-state index contributed by atoms with van der Waals surface area (Å²) in [5, 5.41) is 88.3. The zero-order chi connectivity index (χ0) is 37.6. The van der Waals surface area contributed by atoms with Gasteiger partial charge in [0.05, 0.1) is 37.9 Å². The number of amides is 1. The molecule has 0 aromatic rings. The molecule has 3 aliphatic heterocycles. The molecular formula is C29H55N7O15. The van der Waals surface area contributed by atoms with E-state index < -0.39 is 129 Å². The zero-order valence-electron chi connectivity index (χ0n) is 27.9. The lowest BCUT2D eigenvalue weighted by Crippen LogP contribution is -2.67. The largest absolute Gasteiger partial charge is 0.467 e. The van der Waals surface area contributed by atoms with Crippen LogP contribution >= 0.6 is 0 Å². The van der Waals surface area contributed by atoms with Crippen molar-refractivity contribution in [2.45, 2.75) is 123 Å². The SMILES string of the molecule is NC[C@@H](O)C(O)C(=O)N[C@@H]1C[C@H](N)[C@@H](O[C@H]2OC(CNCCO)=CC[C@H]2N)[C@H](O[C@@H]2O[C@H](CO)[C@@H](O[C@H]3O[C@@H](CN)[C@@H](O)[C@H](O)[C@H]3N)[C@H]2O)[C@H]1O. The Balaban J connectivity index is 1.55. The Morgan fingerprint density at radius 2 is 1.53 bits per heavy atom. The normalized spacial score (nSPS) is 42.9. The molecule has 22 heteroatoms. The second-order valence-corrected chi connectivity index (χ2v) is 13.1. The van der Waals surface area contributed by atoms with Crippen LogP contribution in [-0.4, -0.2) is 196 Å². The lowest BCUT2D eigenvalue weighted by molar-refractivity contribution is -0.282. The van der Waals surface area contributed by atoms with E-state index in [1.165, 1.54) is 0 Å². The van der Waals surface area contributed by atoms with Crippen molar-refractivity contribution >= 4 is 5.91 Å². The monoisotopic (exact) mass is 741 g/mol. The molecule has 22 nitrogen and oxygen atoms in total. The van der Waals surface area contributed by atoms with E-state index in [0.29, 0.717) is 18.7 Å². The third-order valence-electron chi connectivity index (χ3n) is 9.37. The summed E-state index contributed by atoms with van der Waals surface area (Å²) in [5.74, 6) is -0.587. The van der Waals surface area contributed by atoms with Gasteiger partial charge in [0.25, 0.3) is 5.91 Å². The number of aliphatic hydroxyl groups excluding tert-OH is 8. The molecule has 4 aliphatic rings. The Kier molecular flexibility index (Phi) is 15.7. The summed E-state index contributed by atoms with van der Waals surface area (Å²) in [6.45, 7) is -0.873. The molecule has 0 bridgehead atoms. The highest BCUT2D eigenvalue weighted by molar-refractivity contribution is 5.81. The maximum atomic E-state index is 12.7. The summed E-state index contributed by atoms with van der Waals surface area (Å²) in [5.41, 5.74) is 29.9. The van der Waals surface area contributed by atoms with Gasteiger partial charge in [0.2, 0.25) is 6.29 Å². The average Bonchev–Trinajstić information content (AvgIpc) is 3.41. The van der Waals surface area contributed by atoms with Gasteiger partial charge in [-0.05, 0) is 18.9 Å². The highest BCUT2D eigenvalue weighted by Gasteiger charge is 2.54. The maximum absolute atomic E-state index is 12.7. The fourth-order valence-corrected chi connectivity index (χ4v) is 6.35. The lowest BCUT2D eigenvalue weighted by Gasteiger charge is -2.46. The van der Waals surface area contributed by atoms with Crippen LogP contribution in [-0.2, 0) is 33.2 Å². The quantitative estimate of drug-likeness (QED) is 0.0653. The topological polar surface area (TPSA) is 388 Å². The second-order valence-electron chi connectivity index (χ2n) is 13.1. The van der Waals surface area contributed by atoms with Gasteiger partial charge in [-0.1, -0.05) is 0 Å². The van der Waals surface area contributed by atoms with Gasteiger partial charge < -0.3 is 109 Å². The van der Waals surface area contributed by atoms with Gasteiger partial charge in [-0.15, -0.1) is 0 Å². The lowest BCUT2D eigenvalue weighted by atomic mass is 9.83. The Labute approximate surface area is 293 Å². The van der Waals surface area contributed by atoms with E-state index in [0.717, 1.165) is 0 Å². The second kappa shape index (κ2) is 19.0. The molecule has 3 fully saturated rings. The molecule has 51 heavy (non-hydrogen) atoms. The highest BCUT2D eigenvalue weighted by Crippen LogP contribution is 2.34. The number of aliphatic hydroxyl groups is 8. The zero-order valence-corrected chi connectivity index (χ0v) is 27.9. The number of rotatable bonds is 16. The van der Waals surface area contributed by atoms with Crippen molar-refractivity contribution in [1.82, 2.24) is 10.6 Å². The Morgan fingerprint density at radius 3 is 2.18 bits per heavy atom. The summed E-state index contributed by atoms with van der Waals surface area (Å²) in [6, 6.07) is -4.19. The minimum Gasteiger partial charge on any atom is -0.467 e. The minimum absolute atomic E-state index is 0.0988. The standard InChI is InChI=1S/C29H55N7O15/c30-6-14(39)19(41)26(45)36-13-5-12(33)23(49-27-11(32)2-1-10(46-27)8-35-3-4-37)25(18(13)40)51-29-22(44)24(16(9-38)48-29)50-28-17(34)21(43)20(42)15(7-31)47-28/h1,11-25,27-29,35,37-44H,2-9,30-34H2,(H,36,45)/t11-,12+,13-,14-,15+,16-,17-,18+,19?,20-,21-,22-,23-,24-,25-,27-,28-,29+/m1/s1. The van der Waals surface area contributed by atoms with Gasteiger partial charge >= 0.3 is 0 Å². The van der Waals surface area contributed by atoms with E-state index in [2.05, 4.69) is 10.6 Å². The third-order valence-corrected chi connectivity index (χ3v) is 9.37. The molecule has 20 N–H and O–H groups in total. The first kappa shape index (κ1) is 42.0.